The second kappa shape index (κ2) is 13.5. The van der Waals surface area contributed by atoms with Crippen LogP contribution in [0.4, 0.5) is 17.1 Å². The maximum Gasteiger partial charge on any atom is 0.251 e. The molecule has 1 fully saturated rings. The van der Waals surface area contributed by atoms with Gasteiger partial charge in [0.05, 0.1) is 32.1 Å². The van der Waals surface area contributed by atoms with Crippen molar-refractivity contribution in [3.63, 3.8) is 0 Å². The molecule has 0 spiro atoms. The number of nitrogens with zero attached hydrogens (tertiary/aromatic N) is 2. The molecule has 0 saturated carbocycles. The summed E-state index contributed by atoms with van der Waals surface area (Å²) < 4.78 is 5.34. The molecule has 0 unspecified atom stereocenters. The second-order valence-electron chi connectivity index (χ2n) is 9.22. The van der Waals surface area contributed by atoms with E-state index in [1.165, 1.54) is 7.11 Å². The van der Waals surface area contributed by atoms with Gasteiger partial charge in [-0.3, -0.25) is 24.7 Å². The number of nitrogens with two attached hydrogens (primary N) is 1. The SMILES string of the molecule is CNc1ccc(OC)cc1CCN(C=O)C1CCN(C(=O)CNC(=O)c2cc(C)c(N)c(NOC)c2)CC1. The summed E-state index contributed by atoms with van der Waals surface area (Å²) in [6.45, 7) is 3.29. The number of nitrogen functional groups attached to an aromatic ring is 1. The molecule has 3 amide bonds. The number of methoxy groups -OCH3 is 1. The van der Waals surface area contributed by atoms with E-state index in [-0.39, 0.29) is 24.4 Å². The first-order valence-corrected chi connectivity index (χ1v) is 12.6. The molecule has 2 aromatic rings. The molecule has 0 aliphatic carbocycles. The molecule has 11 heteroatoms. The average Bonchev–Trinajstić information content (AvgIpc) is 2.94. The molecular formula is C27H38N6O5. The number of nitrogens with one attached hydrogen (secondary N) is 3. The number of amides is 3. The number of benzene rings is 2. The number of hydrogen-bond acceptors (Lipinski definition) is 8. The Bertz CT molecular complexity index is 1130. The molecule has 1 heterocycles. The van der Waals surface area contributed by atoms with Crippen LogP contribution in [-0.2, 0) is 20.8 Å². The summed E-state index contributed by atoms with van der Waals surface area (Å²) in [5, 5.41) is 5.87. The maximum atomic E-state index is 12.8. The van der Waals surface area contributed by atoms with Crippen LogP contribution in [0, 0.1) is 6.92 Å². The molecule has 2 aromatic carbocycles. The largest absolute Gasteiger partial charge is 0.497 e. The van der Waals surface area contributed by atoms with Crippen molar-refractivity contribution in [3.8, 4) is 5.75 Å². The zero-order chi connectivity index (χ0) is 27.7. The number of anilines is 3. The lowest BCUT2D eigenvalue weighted by atomic mass is 10.0. The van der Waals surface area contributed by atoms with Gasteiger partial charge >= 0.3 is 0 Å². The van der Waals surface area contributed by atoms with Crippen molar-refractivity contribution in [2.24, 2.45) is 0 Å². The Hall–Kier alpha value is -3.99. The zero-order valence-electron chi connectivity index (χ0n) is 22.5. The lowest BCUT2D eigenvalue weighted by Crippen LogP contribution is -2.49. The Morgan fingerprint density at radius 1 is 1.16 bits per heavy atom. The number of piperidine rings is 1. The van der Waals surface area contributed by atoms with Gasteiger partial charge in [-0.1, -0.05) is 0 Å². The number of carbonyl (C=O) groups is 3. The maximum absolute atomic E-state index is 12.8. The van der Waals surface area contributed by atoms with Gasteiger partial charge in [0.2, 0.25) is 12.3 Å². The van der Waals surface area contributed by atoms with E-state index in [0.717, 1.165) is 29.0 Å². The van der Waals surface area contributed by atoms with E-state index in [4.69, 9.17) is 15.3 Å². The van der Waals surface area contributed by atoms with Crippen LogP contribution < -0.4 is 26.6 Å². The van der Waals surface area contributed by atoms with Gasteiger partial charge in [0.15, 0.2) is 0 Å². The summed E-state index contributed by atoms with van der Waals surface area (Å²) in [5.41, 5.74) is 12.8. The smallest absolute Gasteiger partial charge is 0.251 e. The molecule has 1 aliphatic heterocycles. The van der Waals surface area contributed by atoms with E-state index in [0.29, 0.717) is 55.8 Å². The summed E-state index contributed by atoms with van der Waals surface area (Å²) >= 11 is 0. The van der Waals surface area contributed by atoms with Crippen molar-refractivity contribution in [3.05, 3.63) is 47.0 Å². The van der Waals surface area contributed by atoms with E-state index < -0.39 is 0 Å². The summed E-state index contributed by atoms with van der Waals surface area (Å²) in [5.74, 6) is 0.238. The molecular weight excluding hydrogens is 488 g/mol. The van der Waals surface area contributed by atoms with Gasteiger partial charge in [-0.15, -0.1) is 0 Å². The molecule has 0 radical (unpaired) electrons. The number of hydrogen-bond donors (Lipinski definition) is 4. The number of carbonyl (C=O) groups excluding carboxylic acids is 3. The minimum Gasteiger partial charge on any atom is -0.497 e. The van der Waals surface area contributed by atoms with Gasteiger partial charge in [0.25, 0.3) is 5.91 Å². The van der Waals surface area contributed by atoms with Gasteiger partial charge < -0.3 is 30.9 Å². The Kier molecular flexibility index (Phi) is 10.2. The average molecular weight is 527 g/mol. The Balaban J connectivity index is 1.50. The third-order valence-electron chi connectivity index (χ3n) is 6.90. The van der Waals surface area contributed by atoms with Crippen LogP contribution in [0.1, 0.15) is 34.3 Å². The monoisotopic (exact) mass is 526 g/mol. The lowest BCUT2D eigenvalue weighted by molar-refractivity contribution is -0.132. The Labute approximate surface area is 223 Å². The van der Waals surface area contributed by atoms with Crippen molar-refractivity contribution in [1.29, 1.82) is 0 Å². The first-order chi connectivity index (χ1) is 18.3. The predicted octanol–water partition coefficient (Wildman–Crippen LogP) is 2.02. The van der Waals surface area contributed by atoms with Crippen molar-refractivity contribution < 1.29 is 24.0 Å². The summed E-state index contributed by atoms with van der Waals surface area (Å²) in [7, 11) is 4.95. The summed E-state index contributed by atoms with van der Waals surface area (Å²) in [6.07, 6.45) is 2.93. The van der Waals surface area contributed by atoms with Crippen LogP contribution in [0.5, 0.6) is 5.75 Å². The van der Waals surface area contributed by atoms with Crippen LogP contribution in [0.25, 0.3) is 0 Å². The van der Waals surface area contributed by atoms with Crippen molar-refractivity contribution in [2.75, 3.05) is 64.0 Å². The van der Waals surface area contributed by atoms with Crippen LogP contribution in [0.15, 0.2) is 30.3 Å². The van der Waals surface area contributed by atoms with Gasteiger partial charge in [0.1, 0.15) is 5.75 Å². The van der Waals surface area contributed by atoms with Crippen LogP contribution in [0.2, 0.25) is 0 Å². The molecule has 0 aromatic heterocycles. The number of ether oxygens (including phenoxy) is 1. The second-order valence-corrected chi connectivity index (χ2v) is 9.22. The molecule has 3 rings (SSSR count). The quantitative estimate of drug-likeness (QED) is 0.187. The fourth-order valence-corrected chi connectivity index (χ4v) is 4.66. The molecule has 0 atom stereocenters. The molecule has 206 valence electrons. The Morgan fingerprint density at radius 2 is 1.89 bits per heavy atom. The zero-order valence-corrected chi connectivity index (χ0v) is 22.5. The van der Waals surface area contributed by atoms with E-state index in [1.807, 2.05) is 30.1 Å². The van der Waals surface area contributed by atoms with Crippen LogP contribution in [-0.4, -0.2) is 81.5 Å². The molecule has 0 bridgehead atoms. The van der Waals surface area contributed by atoms with Gasteiger partial charge in [-0.05, 0) is 67.6 Å². The summed E-state index contributed by atoms with van der Waals surface area (Å²) in [4.78, 5) is 45.8. The topological polar surface area (TPSA) is 138 Å². The van der Waals surface area contributed by atoms with E-state index >= 15 is 0 Å². The van der Waals surface area contributed by atoms with Gasteiger partial charge in [0, 0.05) is 44.0 Å². The minimum atomic E-state index is -0.374. The van der Waals surface area contributed by atoms with Crippen molar-refractivity contribution >= 4 is 35.3 Å². The first-order valence-electron chi connectivity index (χ1n) is 12.6. The van der Waals surface area contributed by atoms with E-state index in [9.17, 15) is 14.4 Å². The number of likely N-dealkylation sites (tertiary alicyclic amines) is 1. The lowest BCUT2D eigenvalue weighted by Gasteiger charge is -2.37. The third kappa shape index (κ3) is 7.06. The highest BCUT2D eigenvalue weighted by molar-refractivity contribution is 5.98. The number of aryl methyl sites for hydroxylation is 1. The highest BCUT2D eigenvalue weighted by atomic mass is 16.6. The molecule has 5 N–H and O–H groups in total. The van der Waals surface area contributed by atoms with E-state index in [1.54, 1.807) is 31.1 Å². The highest BCUT2D eigenvalue weighted by Crippen LogP contribution is 2.25. The van der Waals surface area contributed by atoms with Gasteiger partial charge in [-0.2, -0.15) is 0 Å². The molecule has 1 saturated heterocycles. The first kappa shape index (κ1) is 28.6. The van der Waals surface area contributed by atoms with Crippen LogP contribution >= 0.6 is 0 Å². The molecule has 11 nitrogen and oxygen atoms in total. The third-order valence-corrected chi connectivity index (χ3v) is 6.90. The van der Waals surface area contributed by atoms with Crippen LogP contribution in [0.3, 0.4) is 0 Å². The standard InChI is InChI=1S/C27H38N6O5/c1-18-13-20(15-24(26(18)28)31-38-4)27(36)30-16-25(35)32-11-8-21(9-12-32)33(17-34)10-7-19-14-22(37-3)5-6-23(19)29-2/h5-6,13-15,17,21,29,31H,7-12,16,28H2,1-4H3,(H,30,36). The predicted molar refractivity (Wildman–Crippen MR) is 147 cm³/mol. The molecule has 1 aliphatic rings. The fraction of sp³-hybridized carbons (Fsp3) is 0.444. The van der Waals surface area contributed by atoms with Crippen molar-refractivity contribution in [1.82, 2.24) is 15.1 Å². The number of rotatable bonds is 12. The van der Waals surface area contributed by atoms with Crippen molar-refractivity contribution in [2.45, 2.75) is 32.2 Å². The minimum absolute atomic E-state index is 0.0549. The normalized spacial score (nSPS) is 13.5. The Morgan fingerprint density at radius 3 is 2.53 bits per heavy atom. The summed E-state index contributed by atoms with van der Waals surface area (Å²) in [6, 6.07) is 9.14. The fourth-order valence-electron chi connectivity index (χ4n) is 4.66. The van der Waals surface area contributed by atoms with E-state index in [2.05, 4.69) is 16.1 Å². The van der Waals surface area contributed by atoms with Gasteiger partial charge in [-0.25, -0.2) is 0 Å². The highest BCUT2D eigenvalue weighted by Gasteiger charge is 2.26. The molecule has 38 heavy (non-hydrogen) atoms.